The molecule has 2 rings (SSSR count). The van der Waals surface area contributed by atoms with E-state index in [-0.39, 0.29) is 10.6 Å². The van der Waals surface area contributed by atoms with Gasteiger partial charge in [-0.1, -0.05) is 48.0 Å². The van der Waals surface area contributed by atoms with Gasteiger partial charge in [-0.15, -0.1) is 0 Å². The molecule has 1 amide bonds. The number of nitrogens with two attached hydrogens (primary N) is 1. The number of hydrogen-bond acceptors (Lipinski definition) is 3. The standard InChI is InChI=1S/C14H13ClN2O2/c15-13-11(14(18)17-16)7-4-8-12(13)19-9-10-5-2-1-3-6-10/h1-8H,9,16H2,(H,17,18). The molecule has 98 valence electrons. The molecule has 2 aromatic carbocycles. The summed E-state index contributed by atoms with van der Waals surface area (Å²) in [6, 6.07) is 14.7. The summed E-state index contributed by atoms with van der Waals surface area (Å²) in [6.07, 6.45) is 0. The lowest BCUT2D eigenvalue weighted by Gasteiger charge is -2.10. The van der Waals surface area contributed by atoms with E-state index in [0.717, 1.165) is 5.56 Å². The van der Waals surface area contributed by atoms with Crippen LogP contribution >= 0.6 is 11.6 Å². The highest BCUT2D eigenvalue weighted by Gasteiger charge is 2.13. The zero-order valence-electron chi connectivity index (χ0n) is 10.1. The Balaban J connectivity index is 2.15. The SMILES string of the molecule is NNC(=O)c1cccc(OCc2ccccc2)c1Cl. The number of amides is 1. The summed E-state index contributed by atoms with van der Waals surface area (Å²) in [5.74, 6) is 5.09. The van der Waals surface area contributed by atoms with E-state index >= 15 is 0 Å². The number of hydrazine groups is 1. The van der Waals surface area contributed by atoms with Gasteiger partial charge in [0.1, 0.15) is 12.4 Å². The van der Waals surface area contributed by atoms with Crippen molar-refractivity contribution in [3.63, 3.8) is 0 Å². The molecular formula is C14H13ClN2O2. The molecule has 0 bridgehead atoms. The number of nitrogens with one attached hydrogen (secondary N) is 1. The number of nitrogen functional groups attached to an aromatic ring is 1. The van der Waals surface area contributed by atoms with Gasteiger partial charge in [-0.2, -0.15) is 0 Å². The number of carbonyl (C=O) groups excluding carboxylic acids is 1. The highest BCUT2D eigenvalue weighted by molar-refractivity contribution is 6.35. The van der Waals surface area contributed by atoms with Gasteiger partial charge in [0.15, 0.2) is 0 Å². The predicted molar refractivity (Wildman–Crippen MR) is 73.9 cm³/mol. The van der Waals surface area contributed by atoms with Crippen LogP contribution in [-0.2, 0) is 6.61 Å². The minimum absolute atomic E-state index is 0.251. The maximum atomic E-state index is 11.5. The normalized spacial score (nSPS) is 10.0. The average Bonchev–Trinajstić information content (AvgIpc) is 2.46. The molecule has 2 aromatic rings. The van der Waals surface area contributed by atoms with Crippen molar-refractivity contribution in [1.82, 2.24) is 5.43 Å². The molecule has 4 nitrogen and oxygen atoms in total. The summed E-state index contributed by atoms with van der Waals surface area (Å²) in [6.45, 7) is 0.383. The molecule has 0 spiro atoms. The van der Waals surface area contributed by atoms with Gasteiger partial charge in [0.25, 0.3) is 5.91 Å². The van der Waals surface area contributed by atoms with Crippen molar-refractivity contribution in [1.29, 1.82) is 0 Å². The van der Waals surface area contributed by atoms with Crippen LogP contribution in [0.4, 0.5) is 0 Å². The first-order valence-corrected chi connectivity index (χ1v) is 6.06. The third-order valence-corrected chi connectivity index (χ3v) is 2.97. The number of ether oxygens (including phenoxy) is 1. The van der Waals surface area contributed by atoms with E-state index < -0.39 is 5.91 Å². The van der Waals surface area contributed by atoms with Crippen molar-refractivity contribution in [2.45, 2.75) is 6.61 Å². The number of rotatable bonds is 4. The summed E-state index contributed by atoms with van der Waals surface area (Å²) in [7, 11) is 0. The van der Waals surface area contributed by atoms with Gasteiger partial charge in [0.05, 0.1) is 10.6 Å². The molecule has 0 heterocycles. The molecule has 0 atom stereocenters. The Morgan fingerprint density at radius 2 is 1.89 bits per heavy atom. The number of hydrogen-bond donors (Lipinski definition) is 2. The molecule has 0 saturated heterocycles. The van der Waals surface area contributed by atoms with Gasteiger partial charge in [0.2, 0.25) is 0 Å². The average molecular weight is 277 g/mol. The summed E-state index contributed by atoms with van der Waals surface area (Å²) in [4.78, 5) is 11.5. The molecule has 0 saturated carbocycles. The van der Waals surface area contributed by atoms with Crippen LogP contribution in [0.2, 0.25) is 5.02 Å². The fraction of sp³-hybridized carbons (Fsp3) is 0.0714. The third kappa shape index (κ3) is 3.24. The zero-order chi connectivity index (χ0) is 13.7. The van der Waals surface area contributed by atoms with Gasteiger partial charge in [-0.3, -0.25) is 10.2 Å². The Kier molecular flexibility index (Phi) is 4.39. The number of benzene rings is 2. The molecule has 0 unspecified atom stereocenters. The van der Waals surface area contributed by atoms with Gasteiger partial charge < -0.3 is 4.74 Å². The van der Waals surface area contributed by atoms with Crippen LogP contribution < -0.4 is 16.0 Å². The van der Waals surface area contributed by atoms with E-state index in [1.54, 1.807) is 18.2 Å². The second-order valence-corrected chi connectivity index (χ2v) is 4.24. The Morgan fingerprint density at radius 1 is 1.16 bits per heavy atom. The van der Waals surface area contributed by atoms with Gasteiger partial charge >= 0.3 is 0 Å². The fourth-order valence-corrected chi connectivity index (χ4v) is 1.88. The quantitative estimate of drug-likeness (QED) is 0.512. The molecule has 5 heteroatoms. The van der Waals surface area contributed by atoms with Crippen LogP contribution in [0, 0.1) is 0 Å². The molecular weight excluding hydrogens is 264 g/mol. The third-order valence-electron chi connectivity index (χ3n) is 2.58. The molecule has 3 N–H and O–H groups in total. The van der Waals surface area contributed by atoms with E-state index in [0.29, 0.717) is 12.4 Å². The van der Waals surface area contributed by atoms with Gasteiger partial charge in [-0.05, 0) is 17.7 Å². The Bertz CT molecular complexity index is 573. The van der Waals surface area contributed by atoms with Crippen molar-refractivity contribution in [3.8, 4) is 5.75 Å². The smallest absolute Gasteiger partial charge is 0.266 e. The van der Waals surface area contributed by atoms with Crippen molar-refractivity contribution >= 4 is 17.5 Å². The fourth-order valence-electron chi connectivity index (χ4n) is 1.61. The highest BCUT2D eigenvalue weighted by Crippen LogP contribution is 2.28. The molecule has 0 aliphatic heterocycles. The van der Waals surface area contributed by atoms with E-state index in [1.165, 1.54) is 0 Å². The lowest BCUT2D eigenvalue weighted by atomic mass is 10.2. The van der Waals surface area contributed by atoms with Gasteiger partial charge in [-0.25, -0.2) is 5.84 Å². The van der Waals surface area contributed by atoms with Crippen molar-refractivity contribution in [2.75, 3.05) is 0 Å². The van der Waals surface area contributed by atoms with Crippen molar-refractivity contribution < 1.29 is 9.53 Å². The first-order chi connectivity index (χ1) is 9.22. The molecule has 0 aliphatic rings. The first kappa shape index (κ1) is 13.4. The van der Waals surface area contributed by atoms with E-state index in [4.69, 9.17) is 22.2 Å². The molecule has 0 aromatic heterocycles. The second-order valence-electron chi connectivity index (χ2n) is 3.87. The second kappa shape index (κ2) is 6.22. The van der Waals surface area contributed by atoms with Crippen molar-refractivity contribution in [3.05, 3.63) is 64.7 Å². The number of carbonyl (C=O) groups is 1. The zero-order valence-corrected chi connectivity index (χ0v) is 10.9. The van der Waals surface area contributed by atoms with Gasteiger partial charge in [0, 0.05) is 0 Å². The Hall–Kier alpha value is -2.04. The largest absolute Gasteiger partial charge is 0.487 e. The summed E-state index contributed by atoms with van der Waals surface area (Å²) in [5, 5.41) is 0.251. The molecule has 19 heavy (non-hydrogen) atoms. The number of halogens is 1. The maximum Gasteiger partial charge on any atom is 0.266 e. The van der Waals surface area contributed by atoms with E-state index in [1.807, 2.05) is 35.8 Å². The van der Waals surface area contributed by atoms with Crippen LogP contribution in [0.15, 0.2) is 48.5 Å². The lowest BCUT2D eigenvalue weighted by molar-refractivity contribution is 0.0953. The first-order valence-electron chi connectivity index (χ1n) is 5.68. The van der Waals surface area contributed by atoms with Crippen LogP contribution in [0.25, 0.3) is 0 Å². The van der Waals surface area contributed by atoms with Crippen LogP contribution in [-0.4, -0.2) is 5.91 Å². The predicted octanol–water partition coefficient (Wildman–Crippen LogP) is 2.52. The summed E-state index contributed by atoms with van der Waals surface area (Å²) < 4.78 is 5.61. The highest BCUT2D eigenvalue weighted by atomic mass is 35.5. The maximum absolute atomic E-state index is 11.5. The molecule has 0 fully saturated rings. The topological polar surface area (TPSA) is 64.3 Å². The summed E-state index contributed by atoms with van der Waals surface area (Å²) in [5.41, 5.74) is 3.35. The monoisotopic (exact) mass is 276 g/mol. The lowest BCUT2D eigenvalue weighted by Crippen LogP contribution is -2.30. The van der Waals surface area contributed by atoms with Crippen LogP contribution in [0.3, 0.4) is 0 Å². The van der Waals surface area contributed by atoms with Crippen molar-refractivity contribution in [2.24, 2.45) is 5.84 Å². The minimum atomic E-state index is -0.449. The molecule has 0 radical (unpaired) electrons. The van der Waals surface area contributed by atoms with Crippen LogP contribution in [0.1, 0.15) is 15.9 Å². The summed E-state index contributed by atoms with van der Waals surface area (Å²) >= 11 is 6.11. The van der Waals surface area contributed by atoms with Crippen LogP contribution in [0.5, 0.6) is 5.75 Å². The van der Waals surface area contributed by atoms with E-state index in [2.05, 4.69) is 0 Å². The minimum Gasteiger partial charge on any atom is -0.487 e. The Morgan fingerprint density at radius 3 is 2.58 bits per heavy atom. The Labute approximate surface area is 116 Å². The molecule has 0 aliphatic carbocycles. The van der Waals surface area contributed by atoms with E-state index in [9.17, 15) is 4.79 Å².